The van der Waals surface area contributed by atoms with E-state index in [4.69, 9.17) is 23.8 Å². The van der Waals surface area contributed by atoms with Crippen LogP contribution in [0, 0.1) is 0 Å². The van der Waals surface area contributed by atoms with Crippen LogP contribution >= 0.6 is 39.7 Å². The maximum absolute atomic E-state index is 12.1. The lowest BCUT2D eigenvalue weighted by Crippen LogP contribution is -2.40. The van der Waals surface area contributed by atoms with Crippen LogP contribution in [0.2, 0.25) is 5.02 Å². The van der Waals surface area contributed by atoms with Crippen LogP contribution in [0.1, 0.15) is 28.9 Å². The van der Waals surface area contributed by atoms with Crippen LogP contribution in [0.5, 0.6) is 0 Å². The van der Waals surface area contributed by atoms with Crippen LogP contribution in [0.4, 0.5) is 0 Å². The minimum Gasteiger partial charge on any atom is -0.356 e. The van der Waals surface area contributed by atoms with Crippen molar-refractivity contribution in [3.05, 3.63) is 69.2 Å². The third-order valence-electron chi connectivity index (χ3n) is 3.03. The van der Waals surface area contributed by atoms with Crippen molar-refractivity contribution in [2.75, 3.05) is 0 Å². The number of hydrogen-bond donors (Lipinski definition) is 2. The zero-order valence-corrected chi connectivity index (χ0v) is 14.9. The molecular weight excluding hydrogens is 384 g/mol. The van der Waals surface area contributed by atoms with Gasteiger partial charge >= 0.3 is 0 Å². The minimum atomic E-state index is -0.289. The van der Waals surface area contributed by atoms with E-state index in [1.807, 2.05) is 31.2 Å². The predicted octanol–water partition coefficient (Wildman–Crippen LogP) is 4.47. The van der Waals surface area contributed by atoms with Gasteiger partial charge in [0.25, 0.3) is 5.91 Å². The molecule has 0 spiro atoms. The first-order valence-corrected chi connectivity index (χ1v) is 8.16. The lowest BCUT2D eigenvalue weighted by atomic mass is 10.1. The van der Waals surface area contributed by atoms with Crippen molar-refractivity contribution in [3.63, 3.8) is 0 Å². The highest BCUT2D eigenvalue weighted by Crippen LogP contribution is 2.16. The molecule has 0 bridgehead atoms. The molecule has 2 aromatic carbocycles. The number of carbonyl (C=O) groups excluding carboxylic acids is 1. The first-order chi connectivity index (χ1) is 10.5. The van der Waals surface area contributed by atoms with Crippen molar-refractivity contribution in [1.82, 2.24) is 10.6 Å². The Labute approximate surface area is 148 Å². The second-order valence-corrected chi connectivity index (χ2v) is 6.47. The highest BCUT2D eigenvalue weighted by Gasteiger charge is 2.11. The third kappa shape index (κ3) is 4.80. The SMILES string of the molecule is CC(NC(=S)NC(=O)c1cccc(Cl)c1)c1ccc(Br)cc1. The third-order valence-corrected chi connectivity index (χ3v) is 4.02. The number of benzene rings is 2. The fourth-order valence-corrected chi connectivity index (χ4v) is 2.60. The average Bonchev–Trinajstić information content (AvgIpc) is 2.47. The minimum absolute atomic E-state index is 0.0136. The molecule has 0 heterocycles. The molecule has 0 saturated heterocycles. The average molecular weight is 398 g/mol. The molecule has 0 aliphatic rings. The Morgan fingerprint density at radius 1 is 1.23 bits per heavy atom. The van der Waals surface area contributed by atoms with E-state index >= 15 is 0 Å². The number of nitrogens with one attached hydrogen (secondary N) is 2. The van der Waals surface area contributed by atoms with Crippen LogP contribution in [0.3, 0.4) is 0 Å². The van der Waals surface area contributed by atoms with Gasteiger partial charge in [0.2, 0.25) is 0 Å². The number of hydrogen-bond acceptors (Lipinski definition) is 2. The van der Waals surface area contributed by atoms with Crippen LogP contribution in [-0.2, 0) is 0 Å². The molecule has 0 aliphatic carbocycles. The first kappa shape index (κ1) is 16.9. The van der Waals surface area contributed by atoms with Crippen molar-refractivity contribution in [2.45, 2.75) is 13.0 Å². The summed E-state index contributed by atoms with van der Waals surface area (Å²) in [6.07, 6.45) is 0. The lowest BCUT2D eigenvalue weighted by molar-refractivity contribution is 0.0976. The Balaban J connectivity index is 1.95. The van der Waals surface area contributed by atoms with Crippen molar-refractivity contribution < 1.29 is 4.79 Å². The number of thiocarbonyl (C=S) groups is 1. The van der Waals surface area contributed by atoms with Crippen molar-refractivity contribution in [1.29, 1.82) is 0 Å². The van der Waals surface area contributed by atoms with E-state index in [9.17, 15) is 4.79 Å². The Morgan fingerprint density at radius 2 is 1.91 bits per heavy atom. The maximum atomic E-state index is 12.1. The fraction of sp³-hybridized carbons (Fsp3) is 0.125. The molecule has 1 atom stereocenters. The van der Waals surface area contributed by atoms with Gasteiger partial charge in [-0.25, -0.2) is 0 Å². The molecule has 0 radical (unpaired) electrons. The highest BCUT2D eigenvalue weighted by molar-refractivity contribution is 9.10. The maximum Gasteiger partial charge on any atom is 0.257 e. The molecule has 0 aromatic heterocycles. The number of halogens is 2. The van der Waals surface area contributed by atoms with Crippen LogP contribution in [-0.4, -0.2) is 11.0 Å². The summed E-state index contributed by atoms with van der Waals surface area (Å²) in [6.45, 7) is 1.97. The summed E-state index contributed by atoms with van der Waals surface area (Å²) in [5, 5.41) is 6.52. The lowest BCUT2D eigenvalue weighted by Gasteiger charge is -2.17. The van der Waals surface area contributed by atoms with Gasteiger partial charge in [0.1, 0.15) is 0 Å². The molecule has 22 heavy (non-hydrogen) atoms. The normalized spacial score (nSPS) is 11.6. The Hall–Kier alpha value is -1.43. The zero-order chi connectivity index (χ0) is 16.1. The molecule has 1 amide bonds. The molecular formula is C16H14BrClN2OS. The van der Waals surface area contributed by atoms with Gasteiger partial charge in [0.15, 0.2) is 5.11 Å². The summed E-state index contributed by atoms with van der Waals surface area (Å²) in [5.74, 6) is -0.289. The summed E-state index contributed by atoms with van der Waals surface area (Å²) in [6, 6.07) is 14.6. The number of amides is 1. The Kier molecular flexibility index (Phi) is 5.94. The number of carbonyl (C=O) groups is 1. The van der Waals surface area contributed by atoms with Gasteiger partial charge in [-0.3, -0.25) is 10.1 Å². The molecule has 0 aliphatic heterocycles. The predicted molar refractivity (Wildman–Crippen MR) is 97.2 cm³/mol. The summed E-state index contributed by atoms with van der Waals surface area (Å²) < 4.78 is 1.01. The smallest absolute Gasteiger partial charge is 0.257 e. The standard InChI is InChI=1S/C16H14BrClN2OS/c1-10(11-5-7-13(17)8-6-11)19-16(22)20-15(21)12-3-2-4-14(18)9-12/h2-10H,1H3,(H2,19,20,21,22). The van der Waals surface area contributed by atoms with Crippen molar-refractivity contribution in [2.24, 2.45) is 0 Å². The van der Waals surface area contributed by atoms with Gasteiger partial charge in [-0.05, 0) is 55.0 Å². The van der Waals surface area contributed by atoms with Gasteiger partial charge in [0, 0.05) is 15.1 Å². The molecule has 2 rings (SSSR count). The second kappa shape index (κ2) is 7.72. The van der Waals surface area contributed by atoms with Crippen molar-refractivity contribution >= 4 is 50.8 Å². The Morgan fingerprint density at radius 3 is 2.55 bits per heavy atom. The molecule has 6 heteroatoms. The van der Waals surface area contributed by atoms with E-state index in [2.05, 4.69) is 26.6 Å². The molecule has 0 saturated carbocycles. The summed E-state index contributed by atoms with van der Waals surface area (Å²) >= 11 is 14.4. The first-order valence-electron chi connectivity index (χ1n) is 6.58. The highest BCUT2D eigenvalue weighted by atomic mass is 79.9. The van der Waals surface area contributed by atoms with Gasteiger partial charge in [-0.2, -0.15) is 0 Å². The van der Waals surface area contributed by atoms with Gasteiger partial charge < -0.3 is 5.32 Å². The summed E-state index contributed by atoms with van der Waals surface area (Å²) in [7, 11) is 0. The van der Waals surface area contributed by atoms with Gasteiger partial charge in [-0.1, -0.05) is 45.7 Å². The largest absolute Gasteiger partial charge is 0.356 e. The van der Waals surface area contributed by atoms with E-state index in [1.54, 1.807) is 24.3 Å². The van der Waals surface area contributed by atoms with Crippen LogP contribution in [0.15, 0.2) is 53.0 Å². The van der Waals surface area contributed by atoms with E-state index < -0.39 is 0 Å². The van der Waals surface area contributed by atoms with Gasteiger partial charge in [-0.15, -0.1) is 0 Å². The topological polar surface area (TPSA) is 41.1 Å². The molecule has 1 unspecified atom stereocenters. The Bertz CT molecular complexity index is 691. The molecule has 114 valence electrons. The van der Waals surface area contributed by atoms with Crippen LogP contribution in [0.25, 0.3) is 0 Å². The van der Waals surface area contributed by atoms with E-state index in [0.29, 0.717) is 10.6 Å². The molecule has 2 aromatic rings. The molecule has 2 N–H and O–H groups in total. The van der Waals surface area contributed by atoms with Crippen molar-refractivity contribution in [3.8, 4) is 0 Å². The monoisotopic (exact) mass is 396 g/mol. The molecule has 0 fully saturated rings. The van der Waals surface area contributed by atoms with E-state index in [1.165, 1.54) is 0 Å². The zero-order valence-electron chi connectivity index (χ0n) is 11.8. The van der Waals surface area contributed by atoms with E-state index in [0.717, 1.165) is 10.0 Å². The summed E-state index contributed by atoms with van der Waals surface area (Å²) in [4.78, 5) is 12.1. The quantitative estimate of drug-likeness (QED) is 0.751. The fourth-order valence-electron chi connectivity index (χ4n) is 1.87. The van der Waals surface area contributed by atoms with E-state index in [-0.39, 0.29) is 17.1 Å². The van der Waals surface area contributed by atoms with Crippen LogP contribution < -0.4 is 10.6 Å². The molecule has 3 nitrogen and oxygen atoms in total. The van der Waals surface area contributed by atoms with Gasteiger partial charge in [0.05, 0.1) is 6.04 Å². The number of rotatable bonds is 3. The second-order valence-electron chi connectivity index (χ2n) is 4.71. The summed E-state index contributed by atoms with van der Waals surface area (Å²) in [5.41, 5.74) is 1.54.